The van der Waals surface area contributed by atoms with Gasteiger partial charge in [0, 0.05) is 15.8 Å². The molecule has 0 aromatic heterocycles. The van der Waals surface area contributed by atoms with Crippen molar-refractivity contribution in [1.29, 1.82) is 0 Å². The minimum Gasteiger partial charge on any atom is -0.399 e. The van der Waals surface area contributed by atoms with Crippen molar-refractivity contribution < 1.29 is 0 Å². The minimum absolute atomic E-state index is 0.614. The second kappa shape index (κ2) is 4.98. The third kappa shape index (κ3) is 3.14. The molecule has 2 aromatic carbocycles. The molecule has 0 aliphatic carbocycles. The molecule has 88 valence electrons. The summed E-state index contributed by atoms with van der Waals surface area (Å²) < 4.78 is 1.03. The van der Waals surface area contributed by atoms with Gasteiger partial charge in [0.15, 0.2) is 0 Å². The van der Waals surface area contributed by atoms with Gasteiger partial charge < -0.3 is 11.1 Å². The lowest BCUT2D eigenvalue weighted by Crippen LogP contribution is -1.93. The first kappa shape index (κ1) is 12.3. The molecule has 0 spiro atoms. The van der Waals surface area contributed by atoms with Crippen LogP contribution in [-0.4, -0.2) is 0 Å². The van der Waals surface area contributed by atoms with E-state index < -0.39 is 0 Å². The summed E-state index contributed by atoms with van der Waals surface area (Å²) >= 11 is 9.57. The number of benzene rings is 2. The first-order valence-corrected chi connectivity index (χ1v) is 6.31. The van der Waals surface area contributed by atoms with Gasteiger partial charge in [-0.1, -0.05) is 27.5 Å². The second-order valence-electron chi connectivity index (χ2n) is 3.88. The van der Waals surface area contributed by atoms with Crippen LogP contribution >= 0.6 is 27.5 Å². The lowest BCUT2D eigenvalue weighted by molar-refractivity contribution is 1.43. The van der Waals surface area contributed by atoms with Crippen molar-refractivity contribution in [3.8, 4) is 0 Å². The average Bonchev–Trinajstić information content (AvgIpc) is 2.21. The number of rotatable bonds is 2. The summed E-state index contributed by atoms with van der Waals surface area (Å²) in [5, 5.41) is 3.88. The summed E-state index contributed by atoms with van der Waals surface area (Å²) in [4.78, 5) is 0. The van der Waals surface area contributed by atoms with Crippen molar-refractivity contribution in [1.82, 2.24) is 0 Å². The fourth-order valence-corrected chi connectivity index (χ4v) is 2.44. The maximum atomic E-state index is 6.10. The summed E-state index contributed by atoms with van der Waals surface area (Å²) in [6.07, 6.45) is 0. The number of nitrogens with two attached hydrogens (primary N) is 1. The van der Waals surface area contributed by atoms with Gasteiger partial charge in [0.1, 0.15) is 0 Å². The highest BCUT2D eigenvalue weighted by Gasteiger charge is 2.02. The SMILES string of the molecule is Cc1cc(Br)cc(Nc2ccc(N)cc2Cl)c1. The monoisotopic (exact) mass is 310 g/mol. The van der Waals surface area contributed by atoms with Crippen LogP contribution in [0.3, 0.4) is 0 Å². The van der Waals surface area contributed by atoms with Gasteiger partial charge in [-0.15, -0.1) is 0 Å². The van der Waals surface area contributed by atoms with Gasteiger partial charge in [0.05, 0.1) is 10.7 Å². The molecule has 2 rings (SSSR count). The van der Waals surface area contributed by atoms with Gasteiger partial charge in [-0.05, 0) is 48.9 Å². The molecule has 0 fully saturated rings. The zero-order valence-electron chi connectivity index (χ0n) is 9.30. The predicted octanol–water partition coefficient (Wildman–Crippen LogP) is 4.74. The van der Waals surface area contributed by atoms with E-state index in [4.69, 9.17) is 17.3 Å². The van der Waals surface area contributed by atoms with Crippen LogP contribution in [-0.2, 0) is 0 Å². The van der Waals surface area contributed by atoms with Crippen LogP contribution in [0.1, 0.15) is 5.56 Å². The number of anilines is 3. The summed E-state index contributed by atoms with van der Waals surface area (Å²) in [7, 11) is 0. The van der Waals surface area contributed by atoms with Crippen LogP contribution in [0, 0.1) is 6.92 Å². The average molecular weight is 312 g/mol. The maximum Gasteiger partial charge on any atom is 0.0661 e. The van der Waals surface area contributed by atoms with E-state index in [1.165, 1.54) is 5.56 Å². The van der Waals surface area contributed by atoms with Crippen molar-refractivity contribution in [2.24, 2.45) is 0 Å². The third-order valence-electron chi connectivity index (χ3n) is 2.31. The topological polar surface area (TPSA) is 38.0 Å². The Balaban J connectivity index is 2.31. The van der Waals surface area contributed by atoms with Crippen molar-refractivity contribution >= 4 is 44.6 Å². The van der Waals surface area contributed by atoms with Crippen LogP contribution in [0.15, 0.2) is 40.9 Å². The van der Waals surface area contributed by atoms with Gasteiger partial charge in [0.2, 0.25) is 0 Å². The predicted molar refractivity (Wildman–Crippen MR) is 78.0 cm³/mol. The quantitative estimate of drug-likeness (QED) is 0.786. The fourth-order valence-electron chi connectivity index (χ4n) is 1.60. The second-order valence-corrected chi connectivity index (χ2v) is 5.20. The Morgan fingerprint density at radius 3 is 2.59 bits per heavy atom. The van der Waals surface area contributed by atoms with Gasteiger partial charge in [0.25, 0.3) is 0 Å². The standard InChI is InChI=1S/C13H12BrClN2/c1-8-4-9(14)6-11(5-8)17-13-3-2-10(16)7-12(13)15/h2-7,17H,16H2,1H3. The van der Waals surface area contributed by atoms with Crippen LogP contribution in [0.2, 0.25) is 5.02 Å². The molecule has 0 heterocycles. The van der Waals surface area contributed by atoms with E-state index in [1.54, 1.807) is 6.07 Å². The molecule has 4 heteroatoms. The summed E-state index contributed by atoms with van der Waals surface area (Å²) in [5.74, 6) is 0. The van der Waals surface area contributed by atoms with E-state index in [9.17, 15) is 0 Å². The molecular weight excluding hydrogens is 300 g/mol. The van der Waals surface area contributed by atoms with E-state index in [2.05, 4.69) is 33.4 Å². The van der Waals surface area contributed by atoms with Gasteiger partial charge in [-0.25, -0.2) is 0 Å². The summed E-state index contributed by atoms with van der Waals surface area (Å²) in [6.45, 7) is 2.04. The number of hydrogen-bond donors (Lipinski definition) is 2. The Hall–Kier alpha value is -1.19. The normalized spacial score (nSPS) is 10.3. The van der Waals surface area contributed by atoms with Crippen LogP contribution in [0.5, 0.6) is 0 Å². The molecule has 3 N–H and O–H groups in total. The zero-order chi connectivity index (χ0) is 12.4. The lowest BCUT2D eigenvalue weighted by atomic mass is 10.2. The van der Waals surface area contributed by atoms with Crippen LogP contribution < -0.4 is 11.1 Å². The molecule has 0 saturated carbocycles. The highest BCUT2D eigenvalue weighted by atomic mass is 79.9. The fraction of sp³-hybridized carbons (Fsp3) is 0.0769. The highest BCUT2D eigenvalue weighted by Crippen LogP contribution is 2.29. The molecule has 17 heavy (non-hydrogen) atoms. The van der Waals surface area contributed by atoms with Gasteiger partial charge >= 0.3 is 0 Å². The van der Waals surface area contributed by atoms with Gasteiger partial charge in [-0.3, -0.25) is 0 Å². The first-order chi connectivity index (χ1) is 8.04. The molecule has 0 radical (unpaired) electrons. The van der Waals surface area contributed by atoms with E-state index in [0.29, 0.717) is 10.7 Å². The van der Waals surface area contributed by atoms with Crippen LogP contribution in [0.25, 0.3) is 0 Å². The van der Waals surface area contributed by atoms with Crippen molar-refractivity contribution in [2.45, 2.75) is 6.92 Å². The summed E-state index contributed by atoms with van der Waals surface area (Å²) in [6, 6.07) is 11.5. The van der Waals surface area contributed by atoms with E-state index in [1.807, 2.05) is 25.1 Å². The molecule has 0 bridgehead atoms. The molecule has 0 atom stereocenters. The molecule has 0 saturated heterocycles. The Morgan fingerprint density at radius 1 is 1.18 bits per heavy atom. The number of nitrogens with one attached hydrogen (secondary N) is 1. The van der Waals surface area contributed by atoms with E-state index in [-0.39, 0.29) is 0 Å². The molecule has 0 aliphatic heterocycles. The van der Waals surface area contributed by atoms with Crippen LogP contribution in [0.4, 0.5) is 17.1 Å². The van der Waals surface area contributed by atoms with Crippen molar-refractivity contribution in [3.05, 3.63) is 51.5 Å². The largest absolute Gasteiger partial charge is 0.399 e. The Kier molecular flexibility index (Phi) is 3.60. The molecule has 0 aliphatic rings. The summed E-state index contributed by atoms with van der Waals surface area (Å²) in [5.41, 5.74) is 9.32. The number of aryl methyl sites for hydroxylation is 1. The smallest absolute Gasteiger partial charge is 0.0661 e. The zero-order valence-corrected chi connectivity index (χ0v) is 11.6. The third-order valence-corrected chi connectivity index (χ3v) is 3.08. The Labute approximate surface area is 114 Å². The molecule has 0 amide bonds. The number of halogens is 2. The molecule has 2 nitrogen and oxygen atoms in total. The first-order valence-electron chi connectivity index (χ1n) is 5.14. The van der Waals surface area contributed by atoms with Gasteiger partial charge in [-0.2, -0.15) is 0 Å². The molecular formula is C13H12BrClN2. The minimum atomic E-state index is 0.614. The highest BCUT2D eigenvalue weighted by molar-refractivity contribution is 9.10. The van der Waals surface area contributed by atoms with Crippen molar-refractivity contribution in [2.75, 3.05) is 11.1 Å². The van der Waals surface area contributed by atoms with Crippen molar-refractivity contribution in [3.63, 3.8) is 0 Å². The molecule has 2 aromatic rings. The Morgan fingerprint density at radius 2 is 1.94 bits per heavy atom. The number of nitrogen functional groups attached to an aromatic ring is 1. The Bertz CT molecular complexity index is 535. The maximum absolute atomic E-state index is 6.10. The lowest BCUT2D eigenvalue weighted by Gasteiger charge is -2.10. The number of hydrogen-bond acceptors (Lipinski definition) is 2. The van der Waals surface area contributed by atoms with E-state index in [0.717, 1.165) is 15.8 Å². The van der Waals surface area contributed by atoms with E-state index >= 15 is 0 Å². The molecule has 0 unspecified atom stereocenters.